The van der Waals surface area contributed by atoms with E-state index in [0.29, 0.717) is 11.1 Å². The average Bonchev–Trinajstić information content (AvgIpc) is 2.46. The molecule has 2 nitrogen and oxygen atoms in total. The minimum atomic E-state index is -0.529. The second kappa shape index (κ2) is 5.65. The summed E-state index contributed by atoms with van der Waals surface area (Å²) >= 11 is 0. The van der Waals surface area contributed by atoms with Gasteiger partial charge in [0.1, 0.15) is 0 Å². The maximum atomic E-state index is 13.6. The molecule has 0 atom stereocenters. The van der Waals surface area contributed by atoms with Gasteiger partial charge in [-0.1, -0.05) is 31.2 Å². The third kappa shape index (κ3) is 2.81. The van der Waals surface area contributed by atoms with Crippen molar-refractivity contribution in [3.63, 3.8) is 0 Å². The first-order valence-corrected chi connectivity index (χ1v) is 6.13. The second-order valence-corrected chi connectivity index (χ2v) is 4.23. The van der Waals surface area contributed by atoms with E-state index in [9.17, 15) is 9.18 Å². The molecular formula is C16H15FO2. The molecule has 0 spiro atoms. The molecule has 0 aromatic heterocycles. The van der Waals surface area contributed by atoms with Crippen LogP contribution in [0.4, 0.5) is 4.39 Å². The van der Waals surface area contributed by atoms with Crippen LogP contribution in [0.2, 0.25) is 0 Å². The van der Waals surface area contributed by atoms with Crippen LogP contribution in [0.1, 0.15) is 28.4 Å². The normalized spacial score (nSPS) is 10.3. The third-order valence-electron chi connectivity index (χ3n) is 3.04. The van der Waals surface area contributed by atoms with Gasteiger partial charge < -0.3 is 4.74 Å². The molecule has 0 amide bonds. The summed E-state index contributed by atoms with van der Waals surface area (Å²) < 4.78 is 18.4. The van der Waals surface area contributed by atoms with Gasteiger partial charge in [0.15, 0.2) is 17.3 Å². The molecule has 0 N–H and O–H groups in total. The van der Waals surface area contributed by atoms with E-state index >= 15 is 0 Å². The van der Waals surface area contributed by atoms with E-state index in [4.69, 9.17) is 4.74 Å². The van der Waals surface area contributed by atoms with Gasteiger partial charge in [-0.25, -0.2) is 4.39 Å². The van der Waals surface area contributed by atoms with Gasteiger partial charge in [-0.15, -0.1) is 0 Å². The fourth-order valence-corrected chi connectivity index (χ4v) is 1.87. The highest BCUT2D eigenvalue weighted by Crippen LogP contribution is 2.20. The van der Waals surface area contributed by atoms with Gasteiger partial charge in [0.2, 0.25) is 0 Å². The lowest BCUT2D eigenvalue weighted by atomic mass is 10.0. The smallest absolute Gasteiger partial charge is 0.193 e. The number of ketones is 1. The van der Waals surface area contributed by atoms with Gasteiger partial charge in [0.05, 0.1) is 7.11 Å². The summed E-state index contributed by atoms with van der Waals surface area (Å²) in [6.07, 6.45) is 0.922. The zero-order valence-corrected chi connectivity index (χ0v) is 10.9. The van der Waals surface area contributed by atoms with Crippen LogP contribution in [-0.2, 0) is 6.42 Å². The van der Waals surface area contributed by atoms with Crippen molar-refractivity contribution in [3.8, 4) is 5.75 Å². The SMILES string of the molecule is CCc1ccc(C(=O)c2ccc(OC)c(F)c2)cc1. The predicted octanol–water partition coefficient (Wildman–Crippen LogP) is 3.63. The lowest BCUT2D eigenvalue weighted by Gasteiger charge is -2.05. The van der Waals surface area contributed by atoms with Gasteiger partial charge in [-0.2, -0.15) is 0 Å². The predicted molar refractivity (Wildman–Crippen MR) is 72.2 cm³/mol. The van der Waals surface area contributed by atoms with Gasteiger partial charge in [-0.05, 0) is 30.2 Å². The van der Waals surface area contributed by atoms with Gasteiger partial charge >= 0.3 is 0 Å². The number of benzene rings is 2. The molecule has 0 aliphatic heterocycles. The number of hydrogen-bond acceptors (Lipinski definition) is 2. The first-order chi connectivity index (χ1) is 9.15. The Morgan fingerprint density at radius 1 is 1.11 bits per heavy atom. The number of aryl methyl sites for hydroxylation is 1. The number of hydrogen-bond donors (Lipinski definition) is 0. The zero-order chi connectivity index (χ0) is 13.8. The molecule has 0 radical (unpaired) electrons. The van der Waals surface area contributed by atoms with Crippen LogP contribution >= 0.6 is 0 Å². The summed E-state index contributed by atoms with van der Waals surface area (Å²) in [7, 11) is 1.39. The molecule has 3 heteroatoms. The van der Waals surface area contributed by atoms with Crippen molar-refractivity contribution >= 4 is 5.78 Å². The van der Waals surface area contributed by atoms with Crippen molar-refractivity contribution in [2.24, 2.45) is 0 Å². The zero-order valence-electron chi connectivity index (χ0n) is 10.9. The highest BCUT2D eigenvalue weighted by Gasteiger charge is 2.12. The van der Waals surface area contributed by atoms with E-state index in [2.05, 4.69) is 6.92 Å². The Bertz CT molecular complexity index is 588. The Morgan fingerprint density at radius 3 is 2.26 bits per heavy atom. The Morgan fingerprint density at radius 2 is 1.74 bits per heavy atom. The average molecular weight is 258 g/mol. The maximum absolute atomic E-state index is 13.6. The molecule has 0 fully saturated rings. The number of methoxy groups -OCH3 is 1. The second-order valence-electron chi connectivity index (χ2n) is 4.23. The van der Waals surface area contributed by atoms with Crippen molar-refractivity contribution < 1.29 is 13.9 Å². The van der Waals surface area contributed by atoms with Gasteiger partial charge in [-0.3, -0.25) is 4.79 Å². The molecule has 98 valence electrons. The van der Waals surface area contributed by atoms with Crippen molar-refractivity contribution in [2.75, 3.05) is 7.11 Å². The Balaban J connectivity index is 2.30. The molecule has 0 saturated carbocycles. The van der Waals surface area contributed by atoms with Crippen molar-refractivity contribution in [1.82, 2.24) is 0 Å². The molecule has 0 aliphatic carbocycles. The Labute approximate surface area is 111 Å². The minimum absolute atomic E-state index is 0.137. The lowest BCUT2D eigenvalue weighted by molar-refractivity contribution is 0.103. The van der Waals surface area contributed by atoms with Crippen LogP contribution in [0.25, 0.3) is 0 Å². The molecule has 19 heavy (non-hydrogen) atoms. The third-order valence-corrected chi connectivity index (χ3v) is 3.04. The largest absolute Gasteiger partial charge is 0.494 e. The lowest BCUT2D eigenvalue weighted by Crippen LogP contribution is -2.02. The number of carbonyl (C=O) groups is 1. The quantitative estimate of drug-likeness (QED) is 0.783. The van der Waals surface area contributed by atoms with Crippen LogP contribution in [0.3, 0.4) is 0 Å². The van der Waals surface area contributed by atoms with E-state index in [1.807, 2.05) is 12.1 Å². The molecule has 2 rings (SSSR count). The van der Waals surface area contributed by atoms with Crippen LogP contribution in [0.5, 0.6) is 5.75 Å². The molecule has 2 aromatic carbocycles. The van der Waals surface area contributed by atoms with Crippen molar-refractivity contribution in [3.05, 3.63) is 65.0 Å². The summed E-state index contributed by atoms with van der Waals surface area (Å²) in [5.74, 6) is -0.583. The van der Waals surface area contributed by atoms with E-state index in [1.165, 1.54) is 19.2 Å². The van der Waals surface area contributed by atoms with E-state index in [-0.39, 0.29) is 11.5 Å². The number of carbonyl (C=O) groups excluding carboxylic acids is 1. The number of ether oxygens (including phenoxy) is 1. The highest BCUT2D eigenvalue weighted by atomic mass is 19.1. The molecule has 2 aromatic rings. The van der Waals surface area contributed by atoms with E-state index in [0.717, 1.165) is 12.0 Å². The summed E-state index contributed by atoms with van der Waals surface area (Å²) in [6, 6.07) is 11.6. The van der Waals surface area contributed by atoms with Gasteiger partial charge in [0.25, 0.3) is 0 Å². The highest BCUT2D eigenvalue weighted by molar-refractivity contribution is 6.09. The van der Waals surface area contributed by atoms with Crippen molar-refractivity contribution in [1.29, 1.82) is 0 Å². The number of halogens is 1. The summed E-state index contributed by atoms with van der Waals surface area (Å²) in [5.41, 5.74) is 2.04. The molecule has 0 aliphatic rings. The summed E-state index contributed by atoms with van der Waals surface area (Å²) in [6.45, 7) is 2.05. The van der Waals surface area contributed by atoms with Crippen LogP contribution in [0.15, 0.2) is 42.5 Å². The standard InChI is InChI=1S/C16H15FO2/c1-3-11-4-6-12(7-5-11)16(18)13-8-9-15(19-2)14(17)10-13/h4-10H,3H2,1-2H3. The molecule has 0 heterocycles. The van der Waals surface area contributed by atoms with Crippen molar-refractivity contribution in [2.45, 2.75) is 13.3 Å². The summed E-state index contributed by atoms with van der Waals surface area (Å²) in [4.78, 5) is 12.2. The monoisotopic (exact) mass is 258 g/mol. The first-order valence-electron chi connectivity index (χ1n) is 6.13. The summed E-state index contributed by atoms with van der Waals surface area (Å²) in [5, 5.41) is 0. The van der Waals surface area contributed by atoms with Crippen LogP contribution in [-0.4, -0.2) is 12.9 Å². The maximum Gasteiger partial charge on any atom is 0.193 e. The fraction of sp³-hybridized carbons (Fsp3) is 0.188. The fourth-order valence-electron chi connectivity index (χ4n) is 1.87. The molecule has 0 bridgehead atoms. The minimum Gasteiger partial charge on any atom is -0.494 e. The van der Waals surface area contributed by atoms with Crippen LogP contribution < -0.4 is 4.74 Å². The molecule has 0 unspecified atom stereocenters. The van der Waals surface area contributed by atoms with Crippen LogP contribution in [0, 0.1) is 5.82 Å². The molecule has 0 saturated heterocycles. The van der Waals surface area contributed by atoms with Gasteiger partial charge in [0, 0.05) is 11.1 Å². The van der Waals surface area contributed by atoms with E-state index in [1.54, 1.807) is 18.2 Å². The molecular weight excluding hydrogens is 243 g/mol. The number of rotatable bonds is 4. The van der Waals surface area contributed by atoms with E-state index < -0.39 is 5.82 Å². The topological polar surface area (TPSA) is 26.3 Å². The Kier molecular flexibility index (Phi) is 3.95. The first kappa shape index (κ1) is 13.3. The Hall–Kier alpha value is -2.16.